The van der Waals surface area contributed by atoms with Crippen molar-refractivity contribution in [1.82, 2.24) is 0 Å². The zero-order valence-electron chi connectivity index (χ0n) is 33.7. The Labute approximate surface area is 364 Å². The second kappa shape index (κ2) is 15.0. The Morgan fingerprint density at radius 3 is 1.63 bits per heavy atom. The Morgan fingerprint density at radius 2 is 0.903 bits per heavy atom. The molecule has 10 aromatic carbocycles. The van der Waals surface area contributed by atoms with Crippen LogP contribution in [-0.2, 0) is 0 Å². The zero-order chi connectivity index (χ0) is 41.0. The molecule has 0 N–H and O–H groups in total. The van der Waals surface area contributed by atoms with Gasteiger partial charge in [0.15, 0.2) is 5.75 Å². The smallest absolute Gasteiger partial charge is 0.159 e. The molecule has 3 nitrogen and oxygen atoms in total. The average Bonchev–Trinajstić information content (AvgIpc) is 3.73. The van der Waals surface area contributed by atoms with Gasteiger partial charge in [-0.2, -0.15) is 0 Å². The molecular weight excluding hydrogens is 773 g/mol. The molecule has 0 spiro atoms. The Morgan fingerprint density at radius 1 is 0.355 bits per heavy atom. The van der Waals surface area contributed by atoms with Crippen molar-refractivity contribution in [3.8, 4) is 44.9 Å². The highest BCUT2D eigenvalue weighted by atomic mass is 32.1. The maximum Gasteiger partial charge on any atom is 0.159 e. The first kappa shape index (κ1) is 36.0. The van der Waals surface area contributed by atoms with Crippen LogP contribution in [-0.4, -0.2) is 0 Å². The molecule has 1 aliphatic heterocycles. The first-order chi connectivity index (χ1) is 30.8. The van der Waals surface area contributed by atoms with Crippen LogP contribution in [0.15, 0.2) is 231 Å². The van der Waals surface area contributed by atoms with E-state index in [4.69, 9.17) is 4.74 Å². The zero-order valence-corrected chi connectivity index (χ0v) is 34.5. The number of thiophene rings is 1. The summed E-state index contributed by atoms with van der Waals surface area (Å²) < 4.78 is 9.88. The number of rotatable bonds is 8. The topological polar surface area (TPSA) is 15.7 Å². The normalized spacial score (nSPS) is 11.7. The number of para-hydroxylation sites is 2. The van der Waals surface area contributed by atoms with Gasteiger partial charge in [0.05, 0.1) is 11.4 Å². The van der Waals surface area contributed by atoms with Crippen LogP contribution < -0.4 is 14.5 Å². The van der Waals surface area contributed by atoms with E-state index in [1.54, 1.807) is 0 Å². The summed E-state index contributed by atoms with van der Waals surface area (Å²) in [7, 11) is 0. The van der Waals surface area contributed by atoms with Crippen LogP contribution >= 0.6 is 11.3 Å². The minimum atomic E-state index is 0.818. The standard InChI is InChI=1S/C58H38N2OS/c1-4-15-39(16-5-1)40-29-34-45(35-30-40)60(46-36-31-41(32-37-46)47-23-13-24-49-48-22-10-11-28-54(48)62-58(47)49)52-38-33-42-17-12-25-50-55(42)57(52)61-53-27-14-26-51(56(50)53)59(43-18-6-2-7-19-43)44-20-8-3-9-21-44/h1-38H. The van der Waals surface area contributed by atoms with Crippen molar-refractivity contribution in [2.45, 2.75) is 0 Å². The molecule has 2 heterocycles. The van der Waals surface area contributed by atoms with E-state index in [0.717, 1.165) is 67.5 Å². The van der Waals surface area contributed by atoms with Crippen molar-refractivity contribution < 1.29 is 4.74 Å². The summed E-state index contributed by atoms with van der Waals surface area (Å²) in [6.07, 6.45) is 0. The summed E-state index contributed by atoms with van der Waals surface area (Å²) in [4.78, 5) is 4.68. The lowest BCUT2D eigenvalue weighted by Crippen LogP contribution is -2.14. The summed E-state index contributed by atoms with van der Waals surface area (Å²) >= 11 is 1.87. The van der Waals surface area contributed by atoms with Gasteiger partial charge >= 0.3 is 0 Å². The highest BCUT2D eigenvalue weighted by molar-refractivity contribution is 7.26. The lowest BCUT2D eigenvalue weighted by atomic mass is 9.92. The van der Waals surface area contributed by atoms with Gasteiger partial charge in [-0.25, -0.2) is 0 Å². The summed E-state index contributed by atoms with van der Waals surface area (Å²) in [6.45, 7) is 0. The van der Waals surface area contributed by atoms with Crippen molar-refractivity contribution in [2.75, 3.05) is 9.80 Å². The van der Waals surface area contributed by atoms with Crippen LogP contribution in [0.4, 0.5) is 34.1 Å². The molecule has 1 aromatic heterocycles. The van der Waals surface area contributed by atoms with Crippen LogP contribution in [0.5, 0.6) is 11.5 Å². The van der Waals surface area contributed by atoms with Gasteiger partial charge in [-0.1, -0.05) is 158 Å². The highest BCUT2D eigenvalue weighted by Crippen LogP contribution is 2.56. The first-order valence-corrected chi connectivity index (χ1v) is 21.8. The molecule has 0 bridgehead atoms. The molecule has 0 amide bonds. The Balaban J connectivity index is 1.03. The van der Waals surface area contributed by atoms with E-state index < -0.39 is 0 Å². The van der Waals surface area contributed by atoms with Gasteiger partial charge in [0.25, 0.3) is 0 Å². The highest BCUT2D eigenvalue weighted by Gasteiger charge is 2.30. The van der Waals surface area contributed by atoms with E-state index in [9.17, 15) is 0 Å². The van der Waals surface area contributed by atoms with Gasteiger partial charge in [-0.3, -0.25) is 0 Å². The van der Waals surface area contributed by atoms with Crippen molar-refractivity contribution in [1.29, 1.82) is 0 Å². The number of hydrogen-bond donors (Lipinski definition) is 0. The molecule has 1 aliphatic rings. The summed E-state index contributed by atoms with van der Waals surface area (Å²) in [6, 6.07) is 82.5. The minimum absolute atomic E-state index is 0.818. The van der Waals surface area contributed by atoms with Gasteiger partial charge in [0, 0.05) is 53.9 Å². The van der Waals surface area contributed by atoms with Crippen LogP contribution in [0.2, 0.25) is 0 Å². The number of fused-ring (bicyclic) bond motifs is 5. The van der Waals surface area contributed by atoms with E-state index in [2.05, 4.69) is 240 Å². The fourth-order valence-corrected chi connectivity index (χ4v) is 10.4. The molecule has 0 fully saturated rings. The number of nitrogens with zero attached hydrogens (tertiary/aromatic N) is 2. The molecule has 0 atom stereocenters. The van der Waals surface area contributed by atoms with Crippen molar-refractivity contribution in [2.24, 2.45) is 0 Å². The van der Waals surface area contributed by atoms with E-state index in [1.165, 1.54) is 42.4 Å². The molecule has 11 aromatic rings. The molecule has 0 radical (unpaired) electrons. The molecule has 62 heavy (non-hydrogen) atoms. The average molecular weight is 811 g/mol. The third-order valence-electron chi connectivity index (χ3n) is 12.0. The van der Waals surface area contributed by atoms with E-state index >= 15 is 0 Å². The van der Waals surface area contributed by atoms with E-state index in [1.807, 2.05) is 11.3 Å². The third kappa shape index (κ3) is 6.03. The van der Waals surface area contributed by atoms with Crippen molar-refractivity contribution >= 4 is 76.4 Å². The second-order valence-corrected chi connectivity index (χ2v) is 16.7. The minimum Gasteiger partial charge on any atom is -0.454 e. The van der Waals surface area contributed by atoms with Crippen LogP contribution in [0, 0.1) is 0 Å². The number of benzene rings is 10. The number of anilines is 6. The van der Waals surface area contributed by atoms with Gasteiger partial charge in [-0.15, -0.1) is 11.3 Å². The number of ether oxygens (including phenoxy) is 1. The Hall–Kier alpha value is -7.92. The van der Waals surface area contributed by atoms with Crippen LogP contribution in [0.3, 0.4) is 0 Å². The maximum atomic E-state index is 7.26. The molecular formula is C58H38N2OS. The third-order valence-corrected chi connectivity index (χ3v) is 13.3. The van der Waals surface area contributed by atoms with Gasteiger partial charge in [0.2, 0.25) is 0 Å². The second-order valence-electron chi connectivity index (χ2n) is 15.7. The van der Waals surface area contributed by atoms with Gasteiger partial charge in [-0.05, 0) is 106 Å². The largest absolute Gasteiger partial charge is 0.454 e. The molecule has 0 saturated carbocycles. The quantitative estimate of drug-likeness (QED) is 0.152. The van der Waals surface area contributed by atoms with Crippen LogP contribution in [0.25, 0.3) is 64.3 Å². The summed E-state index contributed by atoms with van der Waals surface area (Å²) in [5, 5.41) is 4.82. The van der Waals surface area contributed by atoms with Crippen LogP contribution in [0.1, 0.15) is 0 Å². The van der Waals surface area contributed by atoms with E-state index in [0.29, 0.717) is 0 Å². The SMILES string of the molecule is c1ccc(-c2ccc(N(c3ccc(-c4cccc5c4sc4ccccc45)cc3)c3ccc4cccc5c4c3Oc3cccc(N(c4ccccc4)c4ccccc4)c3-5)cc2)cc1. The molecule has 12 rings (SSSR count). The number of hydrogen-bond acceptors (Lipinski definition) is 4. The summed E-state index contributed by atoms with van der Waals surface area (Å²) in [5.41, 5.74) is 13.3. The molecule has 4 heteroatoms. The van der Waals surface area contributed by atoms with Crippen molar-refractivity contribution in [3.05, 3.63) is 231 Å². The molecule has 0 saturated heterocycles. The fraction of sp³-hybridized carbons (Fsp3) is 0. The lowest BCUT2D eigenvalue weighted by molar-refractivity contribution is 0.488. The maximum absolute atomic E-state index is 7.26. The lowest BCUT2D eigenvalue weighted by Gasteiger charge is -2.33. The first-order valence-electron chi connectivity index (χ1n) is 21.0. The van der Waals surface area contributed by atoms with Crippen molar-refractivity contribution in [3.63, 3.8) is 0 Å². The molecule has 0 aliphatic carbocycles. The fourth-order valence-electron chi connectivity index (χ4n) is 9.20. The van der Waals surface area contributed by atoms with E-state index in [-0.39, 0.29) is 0 Å². The monoisotopic (exact) mass is 810 g/mol. The predicted octanol–water partition coefficient (Wildman–Crippen LogP) is 17.3. The molecule has 0 unspecified atom stereocenters. The predicted molar refractivity (Wildman–Crippen MR) is 263 cm³/mol. The Kier molecular flexibility index (Phi) is 8.68. The Bertz CT molecular complexity index is 3380. The van der Waals surface area contributed by atoms with Gasteiger partial charge in [0.1, 0.15) is 5.75 Å². The van der Waals surface area contributed by atoms with Gasteiger partial charge < -0.3 is 14.5 Å². The summed E-state index contributed by atoms with van der Waals surface area (Å²) in [5.74, 6) is 1.65. The molecule has 292 valence electrons.